The van der Waals surface area contributed by atoms with Crippen molar-refractivity contribution in [2.24, 2.45) is 0 Å². The van der Waals surface area contributed by atoms with Crippen molar-refractivity contribution in [2.45, 2.75) is 0 Å². The summed E-state index contributed by atoms with van der Waals surface area (Å²) in [5, 5.41) is 13.2. The molecule has 0 bridgehead atoms. The minimum absolute atomic E-state index is 0.651. The van der Waals surface area contributed by atoms with Crippen molar-refractivity contribution >= 4 is 97.9 Å². The molecule has 0 fully saturated rings. The molecule has 4 aromatic heterocycles. The van der Waals surface area contributed by atoms with Crippen molar-refractivity contribution < 1.29 is 0 Å². The van der Waals surface area contributed by atoms with Crippen LogP contribution in [0.4, 0.5) is 0 Å². The zero-order valence-corrected chi connectivity index (χ0v) is 33.9. The number of para-hydroxylation sites is 4. The lowest BCUT2D eigenvalue weighted by Gasteiger charge is -2.13. The molecule has 4 heterocycles. The third kappa shape index (κ3) is 4.87. The highest BCUT2D eigenvalue weighted by atomic mass is 15.2. The van der Waals surface area contributed by atoms with E-state index < -0.39 is 0 Å². The van der Waals surface area contributed by atoms with Gasteiger partial charge in [-0.05, 0) is 82.9 Å². The fourth-order valence-corrected chi connectivity index (χ4v) is 10.5. The van der Waals surface area contributed by atoms with Crippen molar-refractivity contribution in [1.29, 1.82) is 0 Å². The van der Waals surface area contributed by atoms with E-state index in [0.717, 1.165) is 49.7 Å². The van der Waals surface area contributed by atoms with Crippen LogP contribution in [0.3, 0.4) is 0 Å². The van der Waals surface area contributed by atoms with Gasteiger partial charge in [-0.2, -0.15) is 0 Å². The minimum atomic E-state index is 0.651. The predicted molar refractivity (Wildman–Crippen MR) is 263 cm³/mol. The molecule has 0 saturated heterocycles. The molecule has 0 radical (unpaired) electrons. The number of rotatable bonds is 4. The van der Waals surface area contributed by atoms with Crippen LogP contribution in [-0.2, 0) is 0 Å². The Morgan fingerprint density at radius 3 is 1.63 bits per heavy atom. The van der Waals surface area contributed by atoms with Gasteiger partial charge in [0.15, 0.2) is 0 Å². The molecule has 14 rings (SSSR count). The molecule has 0 unspecified atom stereocenters. The second-order valence-electron chi connectivity index (χ2n) is 16.6. The lowest BCUT2D eigenvalue weighted by molar-refractivity contribution is 1.01. The Morgan fingerprint density at radius 1 is 0.302 bits per heavy atom. The van der Waals surface area contributed by atoms with E-state index in [2.05, 4.69) is 226 Å². The first kappa shape index (κ1) is 34.2. The lowest BCUT2D eigenvalue weighted by atomic mass is 10.0. The van der Waals surface area contributed by atoms with Gasteiger partial charge in [-0.3, -0.25) is 4.57 Å². The molecule has 0 N–H and O–H groups in total. The molecule has 63 heavy (non-hydrogen) atoms. The Labute approximate surface area is 360 Å². The second kappa shape index (κ2) is 13.0. The van der Waals surface area contributed by atoms with E-state index in [1.165, 1.54) is 70.8 Å². The first-order valence-electron chi connectivity index (χ1n) is 21.5. The molecule has 5 heteroatoms. The van der Waals surface area contributed by atoms with Gasteiger partial charge in [-0.15, -0.1) is 0 Å². The number of fused-ring (bicyclic) bond motifs is 13. The largest absolute Gasteiger partial charge is 0.309 e. The van der Waals surface area contributed by atoms with Crippen molar-refractivity contribution in [2.75, 3.05) is 0 Å². The van der Waals surface area contributed by atoms with Gasteiger partial charge in [0.1, 0.15) is 0 Å². The molecule has 292 valence electrons. The number of benzene rings is 10. The van der Waals surface area contributed by atoms with E-state index in [-0.39, 0.29) is 0 Å². The summed E-state index contributed by atoms with van der Waals surface area (Å²) in [5.41, 5.74) is 12.0. The van der Waals surface area contributed by atoms with E-state index in [0.29, 0.717) is 5.95 Å². The van der Waals surface area contributed by atoms with Crippen molar-refractivity contribution in [3.8, 4) is 28.6 Å². The molecule has 0 aliphatic heterocycles. The zero-order valence-electron chi connectivity index (χ0n) is 33.9. The summed E-state index contributed by atoms with van der Waals surface area (Å²) in [7, 11) is 0. The van der Waals surface area contributed by atoms with Crippen molar-refractivity contribution in [1.82, 2.24) is 23.7 Å². The van der Waals surface area contributed by atoms with Crippen LogP contribution in [0.5, 0.6) is 0 Å². The van der Waals surface area contributed by atoms with Crippen LogP contribution in [0, 0.1) is 0 Å². The summed E-state index contributed by atoms with van der Waals surface area (Å²) in [4.78, 5) is 10.7. The average Bonchev–Trinajstić information content (AvgIpc) is 3.98. The molecule has 0 amide bonds. The molecule has 0 aliphatic carbocycles. The number of aromatic nitrogens is 5. The summed E-state index contributed by atoms with van der Waals surface area (Å²) in [6.45, 7) is 0. The third-order valence-corrected chi connectivity index (χ3v) is 13.2. The molecular formula is C58H35N5. The Kier molecular flexibility index (Phi) is 7.05. The van der Waals surface area contributed by atoms with Crippen LogP contribution in [-0.4, -0.2) is 23.7 Å². The lowest BCUT2D eigenvalue weighted by Crippen LogP contribution is -2.03. The van der Waals surface area contributed by atoms with Crippen LogP contribution in [0.15, 0.2) is 212 Å². The Hall–Kier alpha value is -8.54. The van der Waals surface area contributed by atoms with E-state index >= 15 is 0 Å². The van der Waals surface area contributed by atoms with Crippen LogP contribution >= 0.6 is 0 Å². The van der Waals surface area contributed by atoms with Gasteiger partial charge in [0.2, 0.25) is 5.95 Å². The van der Waals surface area contributed by atoms with E-state index in [4.69, 9.17) is 9.97 Å². The van der Waals surface area contributed by atoms with Gasteiger partial charge >= 0.3 is 0 Å². The van der Waals surface area contributed by atoms with Crippen LogP contribution in [0.2, 0.25) is 0 Å². The first-order chi connectivity index (χ1) is 31.3. The minimum Gasteiger partial charge on any atom is -0.309 e. The molecule has 0 atom stereocenters. The maximum absolute atomic E-state index is 5.41. The summed E-state index contributed by atoms with van der Waals surface area (Å²) in [5.74, 6) is 0.651. The number of hydrogen-bond donors (Lipinski definition) is 0. The average molecular weight is 802 g/mol. The molecule has 5 nitrogen and oxygen atoms in total. The molecule has 0 spiro atoms. The van der Waals surface area contributed by atoms with Crippen LogP contribution in [0.25, 0.3) is 126 Å². The molecule has 0 aliphatic rings. The fourth-order valence-electron chi connectivity index (χ4n) is 10.5. The standard InChI is InChI=1S/C58H35N5/c1-2-16-38-34-39(29-28-36(38)14-1)57-43-20-5-9-23-47(43)59-58(60-57)63-49-24-10-6-19-42(49)46-35-40(30-31-52(46)63)61-50-25-11-7-21-44(50)55-53(61)32-33-54-56(55)45-22-8-12-26-51(45)62(54)48-27-13-17-37-15-3-4-18-41(37)48/h1-35H. The highest BCUT2D eigenvalue weighted by Gasteiger charge is 2.23. The second-order valence-corrected chi connectivity index (χ2v) is 16.6. The number of hydrogen-bond acceptors (Lipinski definition) is 2. The summed E-state index contributed by atoms with van der Waals surface area (Å²) >= 11 is 0. The topological polar surface area (TPSA) is 40.6 Å². The highest BCUT2D eigenvalue weighted by molar-refractivity contribution is 6.29. The smallest absolute Gasteiger partial charge is 0.235 e. The monoisotopic (exact) mass is 801 g/mol. The van der Waals surface area contributed by atoms with Gasteiger partial charge in [0.25, 0.3) is 0 Å². The molecule has 10 aromatic carbocycles. The zero-order chi connectivity index (χ0) is 41.2. The summed E-state index contributed by atoms with van der Waals surface area (Å²) in [6.07, 6.45) is 0. The van der Waals surface area contributed by atoms with E-state index in [9.17, 15) is 0 Å². The van der Waals surface area contributed by atoms with Gasteiger partial charge in [0.05, 0.1) is 50.0 Å². The molecule has 14 aromatic rings. The predicted octanol–water partition coefficient (Wildman–Crippen LogP) is 14.9. The van der Waals surface area contributed by atoms with Crippen molar-refractivity contribution in [3.63, 3.8) is 0 Å². The molecule has 0 saturated carbocycles. The first-order valence-corrected chi connectivity index (χ1v) is 21.5. The van der Waals surface area contributed by atoms with E-state index in [1.807, 2.05) is 0 Å². The van der Waals surface area contributed by atoms with Gasteiger partial charge in [-0.1, -0.05) is 146 Å². The Morgan fingerprint density at radius 2 is 0.857 bits per heavy atom. The Bertz CT molecular complexity index is 4220. The van der Waals surface area contributed by atoms with E-state index in [1.54, 1.807) is 0 Å². The number of nitrogens with zero attached hydrogens (tertiary/aromatic N) is 5. The quantitative estimate of drug-likeness (QED) is 0.178. The fraction of sp³-hybridized carbons (Fsp3) is 0. The SMILES string of the molecule is c1ccc2cc(-c3nc(-n4c5ccccc5c5cc(-n6c7ccccc7c7c8c9ccccc9n(-c9cccc%10ccccc9%10)c8ccc76)ccc54)nc4ccccc34)ccc2c1. The highest BCUT2D eigenvalue weighted by Crippen LogP contribution is 2.44. The maximum atomic E-state index is 5.41. The normalized spacial score (nSPS) is 12.1. The van der Waals surface area contributed by atoms with Crippen molar-refractivity contribution in [3.05, 3.63) is 212 Å². The summed E-state index contributed by atoms with van der Waals surface area (Å²) < 4.78 is 7.15. The third-order valence-electron chi connectivity index (χ3n) is 13.2. The van der Waals surface area contributed by atoms with Gasteiger partial charge in [0, 0.05) is 54.3 Å². The van der Waals surface area contributed by atoms with Gasteiger partial charge < -0.3 is 9.13 Å². The summed E-state index contributed by atoms with van der Waals surface area (Å²) in [6, 6.07) is 76.7. The Balaban J connectivity index is 1.01. The molecular weight excluding hydrogens is 767 g/mol. The van der Waals surface area contributed by atoms with Crippen LogP contribution in [0.1, 0.15) is 0 Å². The van der Waals surface area contributed by atoms with Crippen LogP contribution < -0.4 is 0 Å². The van der Waals surface area contributed by atoms with Gasteiger partial charge in [-0.25, -0.2) is 9.97 Å². The maximum Gasteiger partial charge on any atom is 0.235 e.